The van der Waals surface area contributed by atoms with Crippen LogP contribution in [0.3, 0.4) is 0 Å². The van der Waals surface area contributed by atoms with Gasteiger partial charge < -0.3 is 20.3 Å². The molecular weight excluding hydrogens is 767 g/mol. The molecule has 0 aliphatic carbocycles. The van der Waals surface area contributed by atoms with E-state index in [2.05, 4.69) is 19.2 Å². The fraction of sp³-hybridized carbons (Fsp3) is 0.964. The van der Waals surface area contributed by atoms with Crippen LogP contribution in [0.15, 0.2) is 0 Å². The lowest BCUT2D eigenvalue weighted by Gasteiger charge is -2.22. The number of hydrogen-bond donors (Lipinski definition) is 3. The number of rotatable bonds is 53. The predicted molar refractivity (Wildman–Crippen MR) is 269 cm³/mol. The molecule has 370 valence electrons. The maximum Gasteiger partial charge on any atom is 0.305 e. The third kappa shape index (κ3) is 48.3. The number of amides is 1. The maximum atomic E-state index is 12.5. The van der Waals surface area contributed by atoms with Crippen LogP contribution in [0.5, 0.6) is 0 Å². The van der Waals surface area contributed by atoms with Gasteiger partial charge in [0.1, 0.15) is 0 Å². The molecule has 62 heavy (non-hydrogen) atoms. The summed E-state index contributed by atoms with van der Waals surface area (Å²) >= 11 is 0. The molecule has 0 aliphatic heterocycles. The minimum atomic E-state index is -0.664. The summed E-state index contributed by atoms with van der Waals surface area (Å²) in [6.07, 6.45) is 59.4. The van der Waals surface area contributed by atoms with Crippen LogP contribution in [0.25, 0.3) is 0 Å². The van der Waals surface area contributed by atoms with Gasteiger partial charge in [-0.15, -0.1) is 0 Å². The van der Waals surface area contributed by atoms with E-state index in [1.807, 2.05) is 0 Å². The lowest BCUT2D eigenvalue weighted by atomic mass is 10.0. The molecule has 0 fully saturated rings. The van der Waals surface area contributed by atoms with Gasteiger partial charge in [-0.1, -0.05) is 284 Å². The largest absolute Gasteiger partial charge is 0.466 e. The first kappa shape index (κ1) is 60.9. The number of hydrogen-bond acceptors (Lipinski definition) is 5. The highest BCUT2D eigenvalue weighted by atomic mass is 16.5. The number of aliphatic hydroxyl groups excluding tert-OH is 2. The standard InChI is InChI=1S/C56H111NO5/c1-3-5-7-9-11-13-15-16-22-25-29-32-36-40-44-48-54(59)53(52-58)57-55(60)49-45-41-37-33-30-26-23-20-18-17-19-21-24-27-31-35-39-43-47-51-62-56(61)50-46-42-38-34-28-14-12-10-8-6-4-2/h53-54,58-59H,3-52H2,1-2H3,(H,57,60). The SMILES string of the molecule is CCCCCCCCCCCCCCCCCC(O)C(CO)NC(=O)CCCCCCCCCCCCCCCCCCCCCOC(=O)CCCCCCCCCCCCC. The van der Waals surface area contributed by atoms with Crippen LogP contribution in [0.4, 0.5) is 0 Å². The van der Waals surface area contributed by atoms with Crippen LogP contribution in [0.1, 0.15) is 322 Å². The molecule has 0 heterocycles. The van der Waals surface area contributed by atoms with Crippen molar-refractivity contribution in [1.29, 1.82) is 0 Å². The van der Waals surface area contributed by atoms with Gasteiger partial charge in [-0.3, -0.25) is 9.59 Å². The van der Waals surface area contributed by atoms with E-state index in [4.69, 9.17) is 4.74 Å². The fourth-order valence-electron chi connectivity index (χ4n) is 9.05. The highest BCUT2D eigenvalue weighted by Gasteiger charge is 2.20. The van der Waals surface area contributed by atoms with Crippen molar-refractivity contribution in [2.45, 2.75) is 334 Å². The number of ether oxygens (including phenoxy) is 1. The molecule has 0 bridgehead atoms. The van der Waals surface area contributed by atoms with Crippen molar-refractivity contribution in [3.63, 3.8) is 0 Å². The molecule has 0 radical (unpaired) electrons. The molecule has 2 unspecified atom stereocenters. The minimum absolute atomic E-state index is 0.00949. The number of unbranched alkanes of at least 4 members (excludes halogenated alkanes) is 42. The lowest BCUT2D eigenvalue weighted by Crippen LogP contribution is -2.45. The summed E-state index contributed by atoms with van der Waals surface area (Å²) in [5.74, 6) is -0.0258. The molecular formula is C56H111NO5. The zero-order chi connectivity index (χ0) is 45.1. The van der Waals surface area contributed by atoms with Gasteiger partial charge >= 0.3 is 5.97 Å². The number of carbonyl (C=O) groups is 2. The monoisotopic (exact) mass is 878 g/mol. The molecule has 3 N–H and O–H groups in total. The average Bonchev–Trinajstić information content (AvgIpc) is 3.27. The Hall–Kier alpha value is -1.14. The second-order valence-corrected chi connectivity index (χ2v) is 19.6. The first-order chi connectivity index (χ1) is 30.5. The van der Waals surface area contributed by atoms with Gasteiger partial charge in [-0.05, 0) is 25.7 Å². The summed E-state index contributed by atoms with van der Waals surface area (Å²) in [5, 5.41) is 23.3. The Morgan fingerprint density at radius 1 is 0.387 bits per heavy atom. The van der Waals surface area contributed by atoms with Crippen LogP contribution < -0.4 is 5.32 Å². The topological polar surface area (TPSA) is 95.9 Å². The van der Waals surface area contributed by atoms with Crippen LogP contribution in [-0.2, 0) is 14.3 Å². The third-order valence-electron chi connectivity index (χ3n) is 13.4. The fourth-order valence-corrected chi connectivity index (χ4v) is 9.05. The van der Waals surface area contributed by atoms with Gasteiger partial charge in [-0.25, -0.2) is 0 Å². The number of nitrogens with one attached hydrogen (secondary N) is 1. The first-order valence-electron chi connectivity index (χ1n) is 28.3. The molecule has 0 saturated carbocycles. The maximum absolute atomic E-state index is 12.5. The van der Waals surface area contributed by atoms with Crippen molar-refractivity contribution in [2.24, 2.45) is 0 Å². The van der Waals surface area contributed by atoms with Crippen LogP contribution in [0, 0.1) is 0 Å². The highest BCUT2D eigenvalue weighted by Crippen LogP contribution is 2.18. The van der Waals surface area contributed by atoms with Gasteiger partial charge in [-0.2, -0.15) is 0 Å². The average molecular weight is 879 g/mol. The Morgan fingerprint density at radius 3 is 0.984 bits per heavy atom. The predicted octanol–water partition coefficient (Wildman–Crippen LogP) is 17.1. The van der Waals surface area contributed by atoms with Crippen molar-refractivity contribution in [3.8, 4) is 0 Å². The third-order valence-corrected chi connectivity index (χ3v) is 13.4. The van der Waals surface area contributed by atoms with E-state index in [1.54, 1.807) is 0 Å². The van der Waals surface area contributed by atoms with Crippen LogP contribution >= 0.6 is 0 Å². The summed E-state index contributed by atoms with van der Waals surface area (Å²) in [6, 6.07) is -0.542. The lowest BCUT2D eigenvalue weighted by molar-refractivity contribution is -0.143. The second-order valence-electron chi connectivity index (χ2n) is 19.6. The smallest absolute Gasteiger partial charge is 0.305 e. The molecule has 6 heteroatoms. The first-order valence-corrected chi connectivity index (χ1v) is 28.3. The highest BCUT2D eigenvalue weighted by molar-refractivity contribution is 5.76. The Labute approximate surface area is 387 Å². The number of esters is 1. The molecule has 0 aromatic heterocycles. The molecule has 0 saturated heterocycles. The van der Waals surface area contributed by atoms with Gasteiger partial charge in [0, 0.05) is 12.8 Å². The Balaban J connectivity index is 3.39. The molecule has 2 atom stereocenters. The zero-order valence-corrected chi connectivity index (χ0v) is 42.1. The van der Waals surface area contributed by atoms with E-state index >= 15 is 0 Å². The second kappa shape index (κ2) is 52.5. The summed E-state index contributed by atoms with van der Waals surface area (Å²) in [4.78, 5) is 24.5. The molecule has 0 spiro atoms. The van der Waals surface area contributed by atoms with Crippen molar-refractivity contribution in [3.05, 3.63) is 0 Å². The van der Waals surface area contributed by atoms with E-state index < -0.39 is 12.1 Å². The van der Waals surface area contributed by atoms with Crippen molar-refractivity contribution in [2.75, 3.05) is 13.2 Å². The van der Waals surface area contributed by atoms with Gasteiger partial charge in [0.25, 0.3) is 0 Å². The van der Waals surface area contributed by atoms with E-state index in [0.29, 0.717) is 25.9 Å². The summed E-state index contributed by atoms with van der Waals surface area (Å²) in [7, 11) is 0. The van der Waals surface area contributed by atoms with E-state index in [-0.39, 0.29) is 18.5 Å². The van der Waals surface area contributed by atoms with Crippen LogP contribution in [-0.4, -0.2) is 47.4 Å². The van der Waals surface area contributed by atoms with Gasteiger partial charge in [0.15, 0.2) is 0 Å². The summed E-state index contributed by atoms with van der Waals surface area (Å²) in [5.41, 5.74) is 0. The number of aliphatic hydroxyl groups is 2. The van der Waals surface area contributed by atoms with E-state index in [9.17, 15) is 19.8 Å². The van der Waals surface area contributed by atoms with Gasteiger partial charge in [0.05, 0.1) is 25.4 Å². The normalized spacial score (nSPS) is 12.5. The quantitative estimate of drug-likeness (QED) is 0.0418. The minimum Gasteiger partial charge on any atom is -0.466 e. The molecule has 1 amide bonds. The van der Waals surface area contributed by atoms with Crippen molar-refractivity contribution in [1.82, 2.24) is 5.32 Å². The molecule has 0 aromatic carbocycles. The molecule has 6 nitrogen and oxygen atoms in total. The number of carbonyl (C=O) groups excluding carboxylic acids is 2. The Morgan fingerprint density at radius 2 is 0.661 bits per heavy atom. The Bertz CT molecular complexity index is 882. The van der Waals surface area contributed by atoms with E-state index in [0.717, 1.165) is 38.5 Å². The van der Waals surface area contributed by atoms with Crippen LogP contribution in [0.2, 0.25) is 0 Å². The molecule has 0 rings (SSSR count). The Kier molecular flexibility index (Phi) is 51.5. The summed E-state index contributed by atoms with van der Waals surface area (Å²) in [6.45, 7) is 4.96. The molecule has 0 aromatic rings. The van der Waals surface area contributed by atoms with Crippen molar-refractivity contribution >= 4 is 11.9 Å². The molecule has 0 aliphatic rings. The van der Waals surface area contributed by atoms with Gasteiger partial charge in [0.2, 0.25) is 5.91 Å². The van der Waals surface area contributed by atoms with E-state index in [1.165, 1.54) is 250 Å². The van der Waals surface area contributed by atoms with Crippen molar-refractivity contribution < 1.29 is 24.5 Å². The zero-order valence-electron chi connectivity index (χ0n) is 42.1. The summed E-state index contributed by atoms with van der Waals surface area (Å²) < 4.78 is 5.46.